The molecule has 1 aromatic heterocycles. The lowest BCUT2D eigenvalue weighted by molar-refractivity contribution is -0.144. The highest BCUT2D eigenvalue weighted by Crippen LogP contribution is 2.07. The van der Waals surface area contributed by atoms with Crippen LogP contribution < -0.4 is 5.32 Å². The Balaban J connectivity index is 2.61. The summed E-state index contributed by atoms with van der Waals surface area (Å²) in [6.45, 7) is 3.95. The number of ether oxygens (including phenoxy) is 1. The molecule has 100 valence electrons. The zero-order chi connectivity index (χ0) is 13.7. The number of carboxylic acid groups (broad SMARTS) is 1. The van der Waals surface area contributed by atoms with Crippen molar-refractivity contribution in [3.8, 4) is 0 Å². The van der Waals surface area contributed by atoms with E-state index in [0.717, 1.165) is 0 Å². The summed E-state index contributed by atoms with van der Waals surface area (Å²) in [7, 11) is 1.32. The number of carbonyl (C=O) groups is 2. The van der Waals surface area contributed by atoms with Crippen molar-refractivity contribution in [1.29, 1.82) is 0 Å². The number of rotatable bonds is 6. The summed E-state index contributed by atoms with van der Waals surface area (Å²) in [6, 6.07) is 0.831. The van der Waals surface area contributed by atoms with E-state index in [9.17, 15) is 9.59 Å². The third-order valence-electron chi connectivity index (χ3n) is 2.40. The Kier molecular flexibility index (Phi) is 4.85. The Labute approximate surface area is 104 Å². The second-order valence-electron chi connectivity index (χ2n) is 4.11. The zero-order valence-corrected chi connectivity index (χ0v) is 10.5. The van der Waals surface area contributed by atoms with Crippen molar-refractivity contribution in [3.05, 3.63) is 17.5 Å². The van der Waals surface area contributed by atoms with E-state index in [0.29, 0.717) is 5.76 Å². The molecule has 0 saturated carbocycles. The number of aromatic nitrogens is 1. The molecule has 2 N–H and O–H groups in total. The van der Waals surface area contributed by atoms with Gasteiger partial charge in [-0.25, -0.2) is 4.79 Å². The molecule has 0 aliphatic heterocycles. The Morgan fingerprint density at radius 1 is 1.56 bits per heavy atom. The second kappa shape index (κ2) is 6.15. The predicted octanol–water partition coefficient (Wildman–Crippen LogP) is 0.660. The van der Waals surface area contributed by atoms with Gasteiger partial charge in [0.05, 0.1) is 13.7 Å². The van der Waals surface area contributed by atoms with Crippen molar-refractivity contribution in [3.63, 3.8) is 0 Å². The van der Waals surface area contributed by atoms with Crippen LogP contribution >= 0.6 is 0 Å². The van der Waals surface area contributed by atoms with Crippen LogP contribution in [0.25, 0.3) is 0 Å². The molecule has 0 radical (unpaired) electrons. The average Bonchev–Trinajstić information content (AvgIpc) is 2.77. The van der Waals surface area contributed by atoms with Crippen LogP contribution in [-0.4, -0.2) is 35.4 Å². The van der Waals surface area contributed by atoms with Crippen molar-refractivity contribution in [1.82, 2.24) is 10.5 Å². The molecule has 0 bridgehead atoms. The molecule has 0 amide bonds. The summed E-state index contributed by atoms with van der Waals surface area (Å²) >= 11 is 0. The third kappa shape index (κ3) is 3.56. The van der Waals surface area contributed by atoms with Gasteiger partial charge in [0.25, 0.3) is 0 Å². The minimum Gasteiger partial charge on any atom is -0.476 e. The summed E-state index contributed by atoms with van der Waals surface area (Å²) in [5.74, 6) is -1.14. The van der Waals surface area contributed by atoms with E-state index < -0.39 is 12.0 Å². The maximum absolute atomic E-state index is 11.5. The second-order valence-corrected chi connectivity index (χ2v) is 4.11. The largest absolute Gasteiger partial charge is 0.476 e. The van der Waals surface area contributed by atoms with Gasteiger partial charge in [0.1, 0.15) is 6.04 Å². The molecule has 0 spiro atoms. The third-order valence-corrected chi connectivity index (χ3v) is 2.40. The highest BCUT2D eigenvalue weighted by atomic mass is 16.5. The van der Waals surface area contributed by atoms with E-state index in [1.54, 1.807) is 0 Å². The van der Waals surface area contributed by atoms with Gasteiger partial charge in [0.2, 0.25) is 0 Å². The van der Waals surface area contributed by atoms with Crippen molar-refractivity contribution in [2.45, 2.75) is 26.4 Å². The first kappa shape index (κ1) is 14.2. The smallest absolute Gasteiger partial charge is 0.358 e. The SMILES string of the molecule is COC(=O)C(NCc1cc(C(=O)O)no1)C(C)C. The van der Waals surface area contributed by atoms with E-state index in [4.69, 9.17) is 9.63 Å². The van der Waals surface area contributed by atoms with E-state index in [1.807, 2.05) is 13.8 Å². The summed E-state index contributed by atoms with van der Waals surface area (Å²) in [5, 5.41) is 15.0. The van der Waals surface area contributed by atoms with Gasteiger partial charge in [-0.2, -0.15) is 0 Å². The van der Waals surface area contributed by atoms with Gasteiger partial charge in [-0.1, -0.05) is 19.0 Å². The standard InChI is InChI=1S/C11H16N2O5/c1-6(2)9(11(16)17-3)12-5-7-4-8(10(14)15)13-18-7/h4,6,9,12H,5H2,1-3H3,(H,14,15). The van der Waals surface area contributed by atoms with E-state index >= 15 is 0 Å². The van der Waals surface area contributed by atoms with Crippen molar-refractivity contribution < 1.29 is 24.0 Å². The van der Waals surface area contributed by atoms with Gasteiger partial charge in [-0.05, 0) is 5.92 Å². The zero-order valence-electron chi connectivity index (χ0n) is 10.5. The van der Waals surface area contributed by atoms with Crippen LogP contribution in [-0.2, 0) is 16.1 Å². The van der Waals surface area contributed by atoms with E-state index in [2.05, 4.69) is 15.2 Å². The van der Waals surface area contributed by atoms with Crippen LogP contribution in [0.3, 0.4) is 0 Å². The molecule has 0 aliphatic carbocycles. The molecular formula is C11H16N2O5. The van der Waals surface area contributed by atoms with Gasteiger partial charge in [0, 0.05) is 6.07 Å². The number of carbonyl (C=O) groups excluding carboxylic acids is 1. The molecule has 0 fully saturated rings. The van der Waals surface area contributed by atoms with Crippen molar-refractivity contribution in [2.75, 3.05) is 7.11 Å². The molecule has 1 atom stereocenters. The molecule has 0 aliphatic rings. The summed E-state index contributed by atoms with van der Waals surface area (Å²) in [4.78, 5) is 22.1. The number of nitrogens with zero attached hydrogens (tertiary/aromatic N) is 1. The maximum Gasteiger partial charge on any atom is 0.358 e. The predicted molar refractivity (Wildman–Crippen MR) is 60.9 cm³/mol. The highest BCUT2D eigenvalue weighted by Gasteiger charge is 2.23. The van der Waals surface area contributed by atoms with E-state index in [1.165, 1.54) is 13.2 Å². The Morgan fingerprint density at radius 2 is 2.22 bits per heavy atom. The van der Waals surface area contributed by atoms with Crippen molar-refractivity contribution >= 4 is 11.9 Å². The lowest BCUT2D eigenvalue weighted by Crippen LogP contribution is -2.41. The van der Waals surface area contributed by atoms with Crippen LogP contribution in [0.1, 0.15) is 30.1 Å². The average molecular weight is 256 g/mol. The molecule has 1 rings (SSSR count). The fraction of sp³-hybridized carbons (Fsp3) is 0.545. The topological polar surface area (TPSA) is 102 Å². The summed E-state index contributed by atoms with van der Waals surface area (Å²) in [5.41, 5.74) is -0.161. The maximum atomic E-state index is 11.5. The van der Waals surface area contributed by atoms with Crippen molar-refractivity contribution in [2.24, 2.45) is 5.92 Å². The van der Waals surface area contributed by atoms with Gasteiger partial charge in [0.15, 0.2) is 11.5 Å². The molecule has 7 nitrogen and oxygen atoms in total. The van der Waals surface area contributed by atoms with Crippen LogP contribution in [0.15, 0.2) is 10.6 Å². The van der Waals surface area contributed by atoms with Crippen LogP contribution in [0.2, 0.25) is 0 Å². The first-order valence-corrected chi connectivity index (χ1v) is 5.45. The molecule has 18 heavy (non-hydrogen) atoms. The molecule has 0 saturated heterocycles. The van der Waals surface area contributed by atoms with Gasteiger partial charge in [-0.3, -0.25) is 10.1 Å². The molecule has 1 unspecified atom stereocenters. The fourth-order valence-corrected chi connectivity index (χ4v) is 1.43. The molecule has 1 heterocycles. The quantitative estimate of drug-likeness (QED) is 0.721. The number of carboxylic acids is 1. The molecular weight excluding hydrogens is 240 g/mol. The minimum absolute atomic E-state index is 0.0410. The van der Waals surface area contributed by atoms with Gasteiger partial charge in [-0.15, -0.1) is 0 Å². The van der Waals surface area contributed by atoms with Gasteiger partial charge >= 0.3 is 11.9 Å². The summed E-state index contributed by atoms with van der Waals surface area (Å²) in [6.07, 6.45) is 0. The molecule has 1 aromatic rings. The minimum atomic E-state index is -1.15. The van der Waals surface area contributed by atoms with E-state index in [-0.39, 0.29) is 24.1 Å². The Morgan fingerprint density at radius 3 is 2.67 bits per heavy atom. The highest BCUT2D eigenvalue weighted by molar-refractivity contribution is 5.85. The van der Waals surface area contributed by atoms with Crippen LogP contribution in [0, 0.1) is 5.92 Å². The number of methoxy groups -OCH3 is 1. The lowest BCUT2D eigenvalue weighted by atomic mass is 10.0. The van der Waals surface area contributed by atoms with Gasteiger partial charge < -0.3 is 14.4 Å². The number of esters is 1. The fourth-order valence-electron chi connectivity index (χ4n) is 1.43. The number of aromatic carboxylic acids is 1. The number of hydrogen-bond donors (Lipinski definition) is 2. The van der Waals surface area contributed by atoms with Crippen LogP contribution in [0.5, 0.6) is 0 Å². The first-order valence-electron chi connectivity index (χ1n) is 5.45. The Bertz CT molecular complexity index is 427. The normalized spacial score (nSPS) is 12.4. The number of hydrogen-bond acceptors (Lipinski definition) is 6. The first-order chi connectivity index (χ1) is 8.45. The van der Waals surface area contributed by atoms with Crippen LogP contribution in [0.4, 0.5) is 0 Å². The lowest BCUT2D eigenvalue weighted by Gasteiger charge is -2.18. The number of nitrogens with one attached hydrogen (secondary N) is 1. The monoisotopic (exact) mass is 256 g/mol. The molecule has 0 aromatic carbocycles. The Hall–Kier alpha value is -1.89. The summed E-state index contributed by atoms with van der Waals surface area (Å²) < 4.78 is 9.49. The molecule has 7 heteroatoms.